The van der Waals surface area contributed by atoms with Crippen LogP contribution >= 0.6 is 0 Å². The third-order valence-corrected chi connectivity index (χ3v) is 2.90. The van der Waals surface area contributed by atoms with Crippen molar-refractivity contribution < 1.29 is 23.9 Å². The summed E-state index contributed by atoms with van der Waals surface area (Å²) in [5.74, 6) is -0.621. The number of hydrogen-bond acceptors (Lipinski definition) is 5. The first-order valence-electron chi connectivity index (χ1n) is 7.25. The highest BCUT2D eigenvalue weighted by molar-refractivity contribution is 5.83. The van der Waals surface area contributed by atoms with E-state index in [-0.39, 0.29) is 38.1 Å². The number of piperidine rings is 1. The lowest BCUT2D eigenvalue weighted by atomic mass is 10.1. The van der Waals surface area contributed by atoms with Crippen LogP contribution in [0.2, 0.25) is 0 Å². The van der Waals surface area contributed by atoms with Gasteiger partial charge in [0.25, 0.3) is 0 Å². The number of alkyl carbamates (subject to hydrolysis) is 1. The molecule has 124 valence electrons. The van der Waals surface area contributed by atoms with Crippen molar-refractivity contribution in [3.63, 3.8) is 0 Å². The van der Waals surface area contributed by atoms with E-state index in [2.05, 4.69) is 11.9 Å². The van der Waals surface area contributed by atoms with E-state index in [0.29, 0.717) is 6.42 Å². The molecule has 1 N–H and O–H groups in total. The fourth-order valence-electron chi connectivity index (χ4n) is 2.01. The van der Waals surface area contributed by atoms with Crippen LogP contribution in [-0.2, 0) is 19.1 Å². The Bertz CT molecular complexity index is 442. The fourth-order valence-corrected chi connectivity index (χ4v) is 2.01. The number of carbonyl (C=O) groups excluding carboxylic acids is 3. The highest BCUT2D eigenvalue weighted by atomic mass is 16.6. The fraction of sp³-hybridized carbons (Fsp3) is 0.667. The molecule has 0 aliphatic carbocycles. The van der Waals surface area contributed by atoms with Gasteiger partial charge in [-0.25, -0.2) is 4.79 Å². The van der Waals surface area contributed by atoms with Gasteiger partial charge in [0.1, 0.15) is 18.8 Å². The zero-order valence-electron chi connectivity index (χ0n) is 13.4. The molecule has 0 aromatic carbocycles. The van der Waals surface area contributed by atoms with E-state index >= 15 is 0 Å². The summed E-state index contributed by atoms with van der Waals surface area (Å²) >= 11 is 0. The molecule has 0 aromatic heterocycles. The molecule has 0 bridgehead atoms. The molecule has 0 spiro atoms. The summed E-state index contributed by atoms with van der Waals surface area (Å²) < 4.78 is 10.0. The van der Waals surface area contributed by atoms with E-state index in [1.54, 1.807) is 20.8 Å². The Hall–Kier alpha value is -2.05. The maximum atomic E-state index is 11.8. The van der Waals surface area contributed by atoms with Crippen molar-refractivity contribution in [3.8, 4) is 0 Å². The second kappa shape index (κ2) is 7.82. The number of nitrogens with one attached hydrogen (secondary N) is 1. The van der Waals surface area contributed by atoms with Crippen LogP contribution in [0.5, 0.6) is 0 Å². The standard InChI is InChI=1S/C15H24N2O5/c1-5-8-21-13(19)10-17-9-11(6-7-12(17)18)16-14(20)22-15(2,3)4/h5,11H,1,6-10H2,2-4H3,(H,16,20)/t11-/m0/s1. The molecule has 1 atom stereocenters. The van der Waals surface area contributed by atoms with Crippen LogP contribution in [0, 0.1) is 0 Å². The maximum Gasteiger partial charge on any atom is 0.407 e. The van der Waals surface area contributed by atoms with Gasteiger partial charge in [-0.15, -0.1) is 0 Å². The van der Waals surface area contributed by atoms with Gasteiger partial charge < -0.3 is 19.7 Å². The Morgan fingerprint density at radius 2 is 2.14 bits per heavy atom. The van der Waals surface area contributed by atoms with Crippen LogP contribution in [0.25, 0.3) is 0 Å². The average Bonchev–Trinajstić information content (AvgIpc) is 2.38. The smallest absolute Gasteiger partial charge is 0.407 e. The number of likely N-dealkylation sites (tertiary alicyclic amines) is 1. The maximum absolute atomic E-state index is 11.8. The van der Waals surface area contributed by atoms with E-state index in [0.717, 1.165) is 0 Å². The predicted octanol–water partition coefficient (Wildman–Crippen LogP) is 1.23. The monoisotopic (exact) mass is 312 g/mol. The molecule has 0 aromatic rings. The van der Waals surface area contributed by atoms with Gasteiger partial charge in [-0.1, -0.05) is 12.7 Å². The lowest BCUT2D eigenvalue weighted by Crippen LogP contribution is -2.52. The Morgan fingerprint density at radius 3 is 2.73 bits per heavy atom. The lowest BCUT2D eigenvalue weighted by Gasteiger charge is -2.32. The van der Waals surface area contributed by atoms with E-state index < -0.39 is 17.7 Å². The molecule has 22 heavy (non-hydrogen) atoms. The van der Waals surface area contributed by atoms with E-state index in [1.807, 2.05) is 0 Å². The summed E-state index contributed by atoms with van der Waals surface area (Å²) in [7, 11) is 0. The number of rotatable bonds is 5. The molecule has 2 amide bonds. The first-order valence-corrected chi connectivity index (χ1v) is 7.25. The summed E-state index contributed by atoms with van der Waals surface area (Å²) in [6.07, 6.45) is 1.73. The van der Waals surface area contributed by atoms with Crippen LogP contribution in [-0.4, -0.2) is 54.2 Å². The van der Waals surface area contributed by atoms with Crippen LogP contribution in [0.15, 0.2) is 12.7 Å². The molecular formula is C15H24N2O5. The van der Waals surface area contributed by atoms with E-state index in [4.69, 9.17) is 9.47 Å². The molecule has 7 nitrogen and oxygen atoms in total. The quantitative estimate of drug-likeness (QED) is 0.609. The number of nitrogens with zero attached hydrogens (tertiary/aromatic N) is 1. The van der Waals surface area contributed by atoms with Gasteiger partial charge in [-0.3, -0.25) is 9.59 Å². The lowest BCUT2D eigenvalue weighted by molar-refractivity contribution is -0.149. The summed E-state index contributed by atoms with van der Waals surface area (Å²) in [6.45, 7) is 9.03. The summed E-state index contributed by atoms with van der Waals surface area (Å²) in [5, 5.41) is 2.72. The first-order chi connectivity index (χ1) is 10.2. The Morgan fingerprint density at radius 1 is 1.45 bits per heavy atom. The zero-order valence-corrected chi connectivity index (χ0v) is 13.4. The minimum atomic E-state index is -0.581. The number of hydrogen-bond donors (Lipinski definition) is 1. The van der Waals surface area contributed by atoms with Crippen LogP contribution in [0.1, 0.15) is 33.6 Å². The molecule has 1 aliphatic heterocycles. The van der Waals surface area contributed by atoms with E-state index in [1.165, 1.54) is 11.0 Å². The van der Waals surface area contributed by atoms with Crippen molar-refractivity contribution in [1.29, 1.82) is 0 Å². The highest BCUT2D eigenvalue weighted by Gasteiger charge is 2.29. The van der Waals surface area contributed by atoms with Gasteiger partial charge in [0.2, 0.25) is 5.91 Å². The van der Waals surface area contributed by atoms with Crippen LogP contribution in [0.3, 0.4) is 0 Å². The molecule has 1 heterocycles. The van der Waals surface area contributed by atoms with Gasteiger partial charge in [0.05, 0.1) is 6.04 Å². The number of ether oxygens (including phenoxy) is 2. The Balaban J connectivity index is 2.49. The number of esters is 1. The van der Waals surface area contributed by atoms with Crippen LogP contribution < -0.4 is 5.32 Å². The molecule has 1 fully saturated rings. The summed E-state index contributed by atoms with van der Waals surface area (Å²) in [5.41, 5.74) is -0.581. The molecule has 0 radical (unpaired) electrons. The van der Waals surface area contributed by atoms with E-state index in [9.17, 15) is 14.4 Å². The highest BCUT2D eigenvalue weighted by Crippen LogP contribution is 2.13. The second-order valence-corrected chi connectivity index (χ2v) is 6.13. The molecular weight excluding hydrogens is 288 g/mol. The normalized spacial score (nSPS) is 18.6. The van der Waals surface area contributed by atoms with Gasteiger partial charge in [0.15, 0.2) is 0 Å². The van der Waals surface area contributed by atoms with Gasteiger partial charge in [0, 0.05) is 13.0 Å². The van der Waals surface area contributed by atoms with Crippen molar-refractivity contribution in [3.05, 3.63) is 12.7 Å². The molecule has 7 heteroatoms. The minimum absolute atomic E-state index is 0.112. The molecule has 0 unspecified atom stereocenters. The number of carbonyl (C=O) groups is 3. The third-order valence-electron chi connectivity index (χ3n) is 2.90. The van der Waals surface area contributed by atoms with Crippen molar-refractivity contribution in [2.45, 2.75) is 45.3 Å². The second-order valence-electron chi connectivity index (χ2n) is 6.13. The molecule has 1 aliphatic rings. The molecule has 1 rings (SSSR count). The van der Waals surface area contributed by atoms with Gasteiger partial charge >= 0.3 is 12.1 Å². The Labute approximate surface area is 130 Å². The largest absolute Gasteiger partial charge is 0.460 e. The van der Waals surface area contributed by atoms with Crippen molar-refractivity contribution in [2.75, 3.05) is 19.7 Å². The zero-order chi connectivity index (χ0) is 16.8. The molecule has 0 saturated carbocycles. The first kappa shape index (κ1) is 18.0. The van der Waals surface area contributed by atoms with Crippen molar-refractivity contribution >= 4 is 18.0 Å². The van der Waals surface area contributed by atoms with Gasteiger partial charge in [-0.05, 0) is 27.2 Å². The van der Waals surface area contributed by atoms with Gasteiger partial charge in [-0.2, -0.15) is 0 Å². The topological polar surface area (TPSA) is 84.9 Å². The minimum Gasteiger partial charge on any atom is -0.460 e. The van der Waals surface area contributed by atoms with Crippen LogP contribution in [0.4, 0.5) is 4.79 Å². The summed E-state index contributed by atoms with van der Waals surface area (Å²) in [6, 6.07) is -0.236. The Kier molecular flexibility index (Phi) is 6.39. The van der Waals surface area contributed by atoms with Crippen molar-refractivity contribution in [2.24, 2.45) is 0 Å². The summed E-state index contributed by atoms with van der Waals surface area (Å²) in [4.78, 5) is 36.5. The number of amides is 2. The van der Waals surface area contributed by atoms with Crippen molar-refractivity contribution in [1.82, 2.24) is 10.2 Å². The molecule has 1 saturated heterocycles. The average molecular weight is 312 g/mol. The SMILES string of the molecule is C=CCOC(=O)CN1C[C@@H](NC(=O)OC(C)(C)C)CCC1=O. The predicted molar refractivity (Wildman–Crippen MR) is 80.1 cm³/mol. The third kappa shape index (κ3) is 6.60.